The molecule has 0 heterocycles. The summed E-state index contributed by atoms with van der Waals surface area (Å²) in [6.45, 7) is 2.25. The lowest BCUT2D eigenvalue weighted by Gasteiger charge is -2.08. The molecule has 1 amide bonds. The van der Waals surface area contributed by atoms with Crippen LogP contribution in [0.3, 0.4) is 0 Å². The quantitative estimate of drug-likeness (QED) is 0.572. The monoisotopic (exact) mass is 252 g/mol. The molecule has 18 heavy (non-hydrogen) atoms. The lowest BCUT2D eigenvalue weighted by molar-refractivity contribution is -0.118. The minimum atomic E-state index is -0.565. The van der Waals surface area contributed by atoms with Gasteiger partial charge < -0.3 is 20.9 Å². The molecule has 1 aromatic rings. The number of esters is 1. The van der Waals surface area contributed by atoms with Crippen LogP contribution < -0.4 is 16.2 Å². The summed E-state index contributed by atoms with van der Waals surface area (Å²) in [5, 5.41) is 0. The normalized spacial score (nSPS) is 9.83. The van der Waals surface area contributed by atoms with E-state index in [1.54, 1.807) is 6.07 Å². The molecule has 1 aromatic carbocycles. The summed E-state index contributed by atoms with van der Waals surface area (Å²) >= 11 is 0. The van der Waals surface area contributed by atoms with Crippen molar-refractivity contribution in [1.29, 1.82) is 0 Å². The minimum absolute atomic E-state index is 0.00757. The minimum Gasteiger partial charge on any atom is -0.494 e. The lowest BCUT2D eigenvalue weighted by Crippen LogP contribution is -2.16. The zero-order valence-electron chi connectivity index (χ0n) is 10.1. The second-order valence-corrected chi connectivity index (χ2v) is 3.58. The Morgan fingerprint density at radius 3 is 2.61 bits per heavy atom. The fourth-order valence-corrected chi connectivity index (χ4v) is 1.32. The molecule has 1 rings (SSSR count). The van der Waals surface area contributed by atoms with E-state index < -0.39 is 11.9 Å². The van der Waals surface area contributed by atoms with E-state index in [0.717, 1.165) is 0 Å². The maximum Gasteiger partial charge on any atom is 0.338 e. The number of rotatable bonds is 6. The van der Waals surface area contributed by atoms with Gasteiger partial charge in [-0.3, -0.25) is 4.79 Å². The standard InChI is InChI=1S/C12H16N2O4/c1-2-17-10-6-8(5-9(13)7-10)12(16)18-4-3-11(14)15/h5-7H,2-4,13H2,1H3,(H2,14,15). The van der Waals surface area contributed by atoms with Crippen LogP contribution in [0.25, 0.3) is 0 Å². The van der Waals surface area contributed by atoms with E-state index in [-0.39, 0.29) is 18.6 Å². The van der Waals surface area contributed by atoms with Gasteiger partial charge in [-0.2, -0.15) is 0 Å². The van der Waals surface area contributed by atoms with Crippen LogP contribution in [0.2, 0.25) is 0 Å². The first kappa shape index (κ1) is 13.8. The van der Waals surface area contributed by atoms with Crippen molar-refractivity contribution in [3.63, 3.8) is 0 Å². The summed E-state index contributed by atoms with van der Waals surface area (Å²) in [6.07, 6.45) is -0.00757. The van der Waals surface area contributed by atoms with Crippen molar-refractivity contribution in [3.8, 4) is 5.75 Å². The topological polar surface area (TPSA) is 105 Å². The van der Waals surface area contributed by atoms with Gasteiger partial charge in [0.1, 0.15) is 12.4 Å². The number of nitrogens with two attached hydrogens (primary N) is 2. The van der Waals surface area contributed by atoms with Gasteiger partial charge in [0.25, 0.3) is 0 Å². The number of primary amides is 1. The molecular weight excluding hydrogens is 236 g/mol. The van der Waals surface area contributed by atoms with Gasteiger partial charge in [0.2, 0.25) is 5.91 Å². The van der Waals surface area contributed by atoms with Gasteiger partial charge >= 0.3 is 5.97 Å². The maximum atomic E-state index is 11.6. The molecule has 6 nitrogen and oxygen atoms in total. The highest BCUT2D eigenvalue weighted by molar-refractivity contribution is 5.91. The van der Waals surface area contributed by atoms with Crippen LogP contribution in [0.15, 0.2) is 18.2 Å². The summed E-state index contributed by atoms with van der Waals surface area (Å²) in [7, 11) is 0. The number of benzene rings is 1. The fraction of sp³-hybridized carbons (Fsp3) is 0.333. The lowest BCUT2D eigenvalue weighted by atomic mass is 10.2. The van der Waals surface area contributed by atoms with Gasteiger partial charge in [-0.05, 0) is 19.1 Å². The van der Waals surface area contributed by atoms with E-state index in [2.05, 4.69) is 0 Å². The largest absolute Gasteiger partial charge is 0.494 e. The first-order valence-corrected chi connectivity index (χ1v) is 5.51. The molecule has 98 valence electrons. The fourth-order valence-electron chi connectivity index (χ4n) is 1.32. The Morgan fingerprint density at radius 1 is 1.28 bits per heavy atom. The molecule has 0 aliphatic rings. The van der Waals surface area contributed by atoms with Crippen LogP contribution in [-0.2, 0) is 9.53 Å². The number of hydrogen-bond acceptors (Lipinski definition) is 5. The maximum absolute atomic E-state index is 11.6. The zero-order valence-corrected chi connectivity index (χ0v) is 10.1. The predicted octanol–water partition coefficient (Wildman–Crippen LogP) is 0.700. The van der Waals surface area contributed by atoms with Crippen LogP contribution in [0.4, 0.5) is 5.69 Å². The SMILES string of the molecule is CCOc1cc(N)cc(C(=O)OCCC(N)=O)c1. The van der Waals surface area contributed by atoms with E-state index in [1.807, 2.05) is 6.92 Å². The van der Waals surface area contributed by atoms with E-state index in [4.69, 9.17) is 20.9 Å². The van der Waals surface area contributed by atoms with Gasteiger partial charge in [0.15, 0.2) is 0 Å². The molecule has 0 radical (unpaired) electrons. The zero-order chi connectivity index (χ0) is 13.5. The van der Waals surface area contributed by atoms with E-state index >= 15 is 0 Å². The molecule has 0 saturated heterocycles. The molecule has 0 atom stereocenters. The Morgan fingerprint density at radius 2 is 2.00 bits per heavy atom. The van der Waals surface area contributed by atoms with Crippen molar-refractivity contribution in [3.05, 3.63) is 23.8 Å². The van der Waals surface area contributed by atoms with Crippen molar-refractivity contribution in [2.24, 2.45) is 5.73 Å². The van der Waals surface area contributed by atoms with Crippen molar-refractivity contribution >= 4 is 17.6 Å². The summed E-state index contributed by atoms with van der Waals surface area (Å²) < 4.78 is 10.1. The van der Waals surface area contributed by atoms with Gasteiger partial charge in [0.05, 0.1) is 18.6 Å². The molecule has 0 aliphatic heterocycles. The molecule has 0 aliphatic carbocycles. The average molecular weight is 252 g/mol. The number of hydrogen-bond donors (Lipinski definition) is 2. The Kier molecular flexibility index (Phi) is 4.98. The third kappa shape index (κ3) is 4.32. The van der Waals surface area contributed by atoms with Crippen molar-refractivity contribution in [1.82, 2.24) is 0 Å². The Balaban J connectivity index is 2.69. The highest BCUT2D eigenvalue weighted by Crippen LogP contribution is 2.19. The Bertz CT molecular complexity index is 446. The number of ether oxygens (including phenoxy) is 2. The molecule has 0 bridgehead atoms. The second kappa shape index (κ2) is 6.48. The van der Waals surface area contributed by atoms with Gasteiger partial charge in [-0.25, -0.2) is 4.79 Å². The predicted molar refractivity (Wildman–Crippen MR) is 66.1 cm³/mol. The third-order valence-corrected chi connectivity index (χ3v) is 2.06. The number of nitrogen functional groups attached to an aromatic ring is 1. The number of amides is 1. The van der Waals surface area contributed by atoms with Gasteiger partial charge in [-0.1, -0.05) is 0 Å². The van der Waals surface area contributed by atoms with Crippen molar-refractivity contribution < 1.29 is 19.1 Å². The van der Waals surface area contributed by atoms with E-state index in [1.165, 1.54) is 12.1 Å². The van der Waals surface area contributed by atoms with Crippen LogP contribution in [0, 0.1) is 0 Å². The summed E-state index contributed by atoms with van der Waals surface area (Å²) in [5.74, 6) is -0.589. The molecule has 0 unspecified atom stereocenters. The van der Waals surface area contributed by atoms with Crippen LogP contribution in [0.1, 0.15) is 23.7 Å². The molecule has 0 fully saturated rings. The Labute approximate surface area is 105 Å². The van der Waals surface area contributed by atoms with E-state index in [9.17, 15) is 9.59 Å². The molecular formula is C12H16N2O4. The third-order valence-electron chi connectivity index (χ3n) is 2.06. The number of anilines is 1. The van der Waals surface area contributed by atoms with E-state index in [0.29, 0.717) is 18.0 Å². The van der Waals surface area contributed by atoms with Crippen molar-refractivity contribution in [2.75, 3.05) is 18.9 Å². The first-order chi connectivity index (χ1) is 8.52. The van der Waals surface area contributed by atoms with Gasteiger partial charge in [-0.15, -0.1) is 0 Å². The smallest absolute Gasteiger partial charge is 0.338 e. The molecule has 6 heteroatoms. The summed E-state index contributed by atoms with van der Waals surface area (Å²) in [6, 6.07) is 4.63. The summed E-state index contributed by atoms with van der Waals surface area (Å²) in [4.78, 5) is 22.2. The average Bonchev–Trinajstić information content (AvgIpc) is 2.28. The summed E-state index contributed by atoms with van der Waals surface area (Å²) in [5.41, 5.74) is 11.3. The van der Waals surface area contributed by atoms with Gasteiger partial charge in [0, 0.05) is 11.8 Å². The Hall–Kier alpha value is -2.24. The molecule has 0 spiro atoms. The number of carbonyl (C=O) groups excluding carboxylic acids is 2. The highest BCUT2D eigenvalue weighted by Gasteiger charge is 2.10. The first-order valence-electron chi connectivity index (χ1n) is 5.51. The molecule has 0 aromatic heterocycles. The second-order valence-electron chi connectivity index (χ2n) is 3.58. The van der Waals surface area contributed by atoms with Crippen LogP contribution in [-0.4, -0.2) is 25.1 Å². The van der Waals surface area contributed by atoms with Crippen molar-refractivity contribution in [2.45, 2.75) is 13.3 Å². The van der Waals surface area contributed by atoms with Crippen LogP contribution in [0.5, 0.6) is 5.75 Å². The molecule has 0 saturated carbocycles. The number of carbonyl (C=O) groups is 2. The molecule has 4 N–H and O–H groups in total. The highest BCUT2D eigenvalue weighted by atomic mass is 16.5. The van der Waals surface area contributed by atoms with Crippen LogP contribution >= 0.6 is 0 Å².